The van der Waals surface area contributed by atoms with Crippen LogP contribution in [0.1, 0.15) is 6.42 Å². The number of carbonyl (C=O) groups is 1. The van der Waals surface area contributed by atoms with Crippen LogP contribution >= 0.6 is 0 Å². The van der Waals surface area contributed by atoms with E-state index in [9.17, 15) is 30.3 Å². The lowest BCUT2D eigenvalue weighted by molar-refractivity contribution is -0.344. The normalized spacial score (nSPS) is 45.8. The van der Waals surface area contributed by atoms with Crippen LogP contribution in [0.15, 0.2) is 24.5 Å². The number of cyclic esters (lactones) is 1. The summed E-state index contributed by atoms with van der Waals surface area (Å²) >= 11 is 0. The summed E-state index contributed by atoms with van der Waals surface area (Å²) in [6.45, 7) is 3.03. The van der Waals surface area contributed by atoms with Crippen LogP contribution in [0.2, 0.25) is 0 Å². The Morgan fingerprint density at radius 3 is 2.65 bits per heavy atom. The molecule has 10 heteroatoms. The van der Waals surface area contributed by atoms with Crippen LogP contribution in [0, 0.1) is 5.92 Å². The quantitative estimate of drug-likeness (QED) is 0.264. The first-order valence-corrected chi connectivity index (χ1v) is 8.17. The highest BCUT2D eigenvalue weighted by Gasteiger charge is 2.54. The second kappa shape index (κ2) is 7.24. The Morgan fingerprint density at radius 2 is 2.00 bits per heavy atom. The molecule has 2 saturated heterocycles. The van der Waals surface area contributed by atoms with Crippen molar-refractivity contribution in [2.75, 3.05) is 13.2 Å². The van der Waals surface area contributed by atoms with Crippen molar-refractivity contribution in [2.24, 2.45) is 5.92 Å². The summed E-state index contributed by atoms with van der Waals surface area (Å²) in [5, 5.41) is 49.9. The smallest absolute Gasteiger partial charge is 0.340 e. The Hall–Kier alpha value is -1.53. The fraction of sp³-hybridized carbons (Fsp3) is 0.688. The van der Waals surface area contributed by atoms with Gasteiger partial charge in [-0.3, -0.25) is 0 Å². The van der Waals surface area contributed by atoms with Crippen LogP contribution in [0.5, 0.6) is 0 Å². The summed E-state index contributed by atoms with van der Waals surface area (Å²) in [6, 6.07) is 0. The monoisotopic (exact) mass is 374 g/mol. The lowest BCUT2D eigenvalue weighted by Gasteiger charge is -2.46. The molecule has 0 radical (unpaired) electrons. The molecule has 0 aromatic rings. The summed E-state index contributed by atoms with van der Waals surface area (Å²) in [6.07, 6.45) is -6.10. The Bertz CT molecular complexity index is 590. The molecule has 8 atom stereocenters. The number of rotatable bonds is 4. The number of esters is 1. The van der Waals surface area contributed by atoms with Gasteiger partial charge in [-0.05, 0) is 0 Å². The zero-order chi connectivity index (χ0) is 19.1. The molecule has 0 aliphatic carbocycles. The number of aliphatic hydroxyl groups is 5. The molecule has 3 aliphatic rings. The van der Waals surface area contributed by atoms with Crippen LogP contribution in [0.4, 0.5) is 0 Å². The second-order valence-corrected chi connectivity index (χ2v) is 6.44. The Kier molecular flexibility index (Phi) is 5.35. The summed E-state index contributed by atoms with van der Waals surface area (Å²) in [5.41, 5.74) is -1.70. The molecular weight excluding hydrogens is 352 g/mol. The molecule has 0 unspecified atom stereocenters. The van der Waals surface area contributed by atoms with Gasteiger partial charge in [0, 0.05) is 6.42 Å². The summed E-state index contributed by atoms with van der Waals surface area (Å²) in [7, 11) is 0. The number of ether oxygens (including phenoxy) is 4. The first-order valence-electron chi connectivity index (χ1n) is 8.17. The highest BCUT2D eigenvalue weighted by Crippen LogP contribution is 2.42. The van der Waals surface area contributed by atoms with Gasteiger partial charge in [-0.2, -0.15) is 0 Å². The number of aliphatic hydroxyl groups excluding tert-OH is 4. The number of hydrogen-bond donors (Lipinski definition) is 5. The fourth-order valence-electron chi connectivity index (χ4n) is 3.36. The molecule has 146 valence electrons. The SMILES string of the molecule is C=C[C@@H]1[C@@H](O[C@H]2O[C@@H](CO)[C@H](O)[C@@H](O)[C@@H]2O)OC=C2C(=O)OCC[C@]21O. The van der Waals surface area contributed by atoms with E-state index >= 15 is 0 Å². The zero-order valence-electron chi connectivity index (χ0n) is 13.8. The standard InChI is InChI=1S/C16H22O10/c1-2-7-14(24-6-8-13(21)23-4-3-16(7,8)22)26-15-12(20)11(19)10(18)9(5-17)25-15/h2,6-7,9-12,14-15,17-20,22H,1,3-5H2/t7-,9+,10+,11-,12+,14-,15-,16-/m1/s1. The first kappa shape index (κ1) is 19.2. The van der Waals surface area contributed by atoms with Crippen molar-refractivity contribution in [1.29, 1.82) is 0 Å². The third kappa shape index (κ3) is 3.03. The van der Waals surface area contributed by atoms with E-state index in [-0.39, 0.29) is 18.6 Å². The Balaban J connectivity index is 1.81. The lowest BCUT2D eigenvalue weighted by Crippen LogP contribution is -2.61. The maximum atomic E-state index is 11.8. The zero-order valence-corrected chi connectivity index (χ0v) is 13.8. The van der Waals surface area contributed by atoms with E-state index in [0.29, 0.717) is 0 Å². The minimum absolute atomic E-state index is 0.00375. The van der Waals surface area contributed by atoms with Gasteiger partial charge in [0.15, 0.2) is 6.29 Å². The van der Waals surface area contributed by atoms with E-state index in [1.807, 2.05) is 0 Å². The average Bonchev–Trinajstić information content (AvgIpc) is 2.61. The Labute approximate surface area is 148 Å². The second-order valence-electron chi connectivity index (χ2n) is 6.44. The molecule has 0 aromatic heterocycles. The van der Waals surface area contributed by atoms with Crippen molar-refractivity contribution in [3.05, 3.63) is 24.5 Å². The van der Waals surface area contributed by atoms with E-state index in [1.165, 1.54) is 6.08 Å². The summed E-state index contributed by atoms with van der Waals surface area (Å²) < 4.78 is 21.1. The van der Waals surface area contributed by atoms with Gasteiger partial charge in [0.1, 0.15) is 35.6 Å². The molecule has 10 nitrogen and oxygen atoms in total. The topological polar surface area (TPSA) is 155 Å². The summed E-state index contributed by atoms with van der Waals surface area (Å²) in [5.74, 6) is -1.61. The van der Waals surface area contributed by atoms with Gasteiger partial charge in [0.2, 0.25) is 6.29 Å². The van der Waals surface area contributed by atoms with E-state index in [1.54, 1.807) is 0 Å². The van der Waals surface area contributed by atoms with E-state index in [4.69, 9.17) is 18.9 Å². The molecule has 0 bridgehead atoms. The molecule has 0 saturated carbocycles. The van der Waals surface area contributed by atoms with Crippen LogP contribution in [0.25, 0.3) is 0 Å². The van der Waals surface area contributed by atoms with Crippen LogP contribution in [-0.2, 0) is 23.7 Å². The van der Waals surface area contributed by atoms with E-state index in [0.717, 1.165) is 6.26 Å². The number of fused-ring (bicyclic) bond motifs is 1. The predicted octanol–water partition coefficient (Wildman–Crippen LogP) is -2.48. The number of carbonyl (C=O) groups excluding carboxylic acids is 1. The molecule has 5 N–H and O–H groups in total. The van der Waals surface area contributed by atoms with Crippen molar-refractivity contribution in [1.82, 2.24) is 0 Å². The van der Waals surface area contributed by atoms with Crippen molar-refractivity contribution >= 4 is 5.97 Å². The molecule has 0 amide bonds. The predicted molar refractivity (Wildman–Crippen MR) is 82.0 cm³/mol. The maximum absolute atomic E-state index is 11.8. The van der Waals surface area contributed by atoms with Crippen molar-refractivity contribution in [2.45, 2.75) is 49.0 Å². The highest BCUT2D eigenvalue weighted by atomic mass is 16.8. The highest BCUT2D eigenvalue weighted by molar-refractivity contribution is 5.91. The largest absolute Gasteiger partial charge is 0.471 e. The molecule has 0 spiro atoms. The Morgan fingerprint density at radius 1 is 1.27 bits per heavy atom. The van der Waals surface area contributed by atoms with Crippen LogP contribution in [-0.4, -0.2) is 87.3 Å². The minimum Gasteiger partial charge on any atom is -0.471 e. The van der Waals surface area contributed by atoms with Crippen molar-refractivity contribution in [3.63, 3.8) is 0 Å². The third-order valence-electron chi connectivity index (χ3n) is 4.94. The van der Waals surface area contributed by atoms with Gasteiger partial charge >= 0.3 is 5.97 Å². The third-order valence-corrected chi connectivity index (χ3v) is 4.94. The molecular formula is C16H22O10. The molecule has 26 heavy (non-hydrogen) atoms. The van der Waals surface area contributed by atoms with Gasteiger partial charge in [-0.1, -0.05) is 6.08 Å². The molecule has 0 aromatic carbocycles. The van der Waals surface area contributed by atoms with Crippen LogP contribution in [0.3, 0.4) is 0 Å². The van der Waals surface area contributed by atoms with Gasteiger partial charge in [-0.15, -0.1) is 6.58 Å². The fourth-order valence-corrected chi connectivity index (χ4v) is 3.36. The van der Waals surface area contributed by atoms with Gasteiger partial charge in [0.25, 0.3) is 0 Å². The lowest BCUT2D eigenvalue weighted by atomic mass is 9.76. The van der Waals surface area contributed by atoms with Gasteiger partial charge in [-0.25, -0.2) is 4.79 Å². The van der Waals surface area contributed by atoms with E-state index < -0.39 is 61.1 Å². The van der Waals surface area contributed by atoms with Crippen molar-refractivity contribution < 1.29 is 49.3 Å². The van der Waals surface area contributed by atoms with E-state index in [2.05, 4.69) is 6.58 Å². The molecule has 3 heterocycles. The molecule has 3 rings (SSSR count). The van der Waals surface area contributed by atoms with Crippen LogP contribution < -0.4 is 0 Å². The van der Waals surface area contributed by atoms with Gasteiger partial charge in [0.05, 0.1) is 25.4 Å². The maximum Gasteiger partial charge on any atom is 0.340 e. The average molecular weight is 374 g/mol. The molecule has 2 fully saturated rings. The van der Waals surface area contributed by atoms with Crippen molar-refractivity contribution in [3.8, 4) is 0 Å². The number of hydrogen-bond acceptors (Lipinski definition) is 10. The summed E-state index contributed by atoms with van der Waals surface area (Å²) in [4.78, 5) is 11.8. The first-order chi connectivity index (χ1) is 12.3. The molecule has 3 aliphatic heterocycles. The minimum atomic E-state index is -1.63. The van der Waals surface area contributed by atoms with Gasteiger partial charge < -0.3 is 44.5 Å².